The van der Waals surface area contributed by atoms with E-state index in [9.17, 15) is 4.79 Å². The molecule has 0 aliphatic rings. The zero-order valence-electron chi connectivity index (χ0n) is 15.5. The Hall–Kier alpha value is -3.57. The summed E-state index contributed by atoms with van der Waals surface area (Å²) in [5, 5.41) is 12.8. The molecule has 0 unspecified atom stereocenters. The van der Waals surface area contributed by atoms with Gasteiger partial charge in [0.15, 0.2) is 0 Å². The highest BCUT2D eigenvalue weighted by molar-refractivity contribution is 6.35. The molecule has 6 heteroatoms. The van der Waals surface area contributed by atoms with Crippen molar-refractivity contribution < 1.29 is 14.6 Å². The summed E-state index contributed by atoms with van der Waals surface area (Å²) in [4.78, 5) is 15.3. The van der Waals surface area contributed by atoms with Gasteiger partial charge in [0.2, 0.25) is 0 Å². The number of ether oxygens (including phenoxy) is 1. The molecule has 5 nitrogen and oxygen atoms in total. The molecule has 0 radical (unpaired) electrons. The predicted octanol–water partition coefficient (Wildman–Crippen LogP) is 6.75. The smallest absolute Gasteiger partial charge is 0.409 e. The van der Waals surface area contributed by atoms with Crippen molar-refractivity contribution in [1.82, 2.24) is 4.98 Å². The van der Waals surface area contributed by atoms with Gasteiger partial charge in [0, 0.05) is 23.3 Å². The van der Waals surface area contributed by atoms with Gasteiger partial charge in [0.25, 0.3) is 0 Å². The molecule has 0 spiro atoms. The average molecular weight is 405 g/mol. The van der Waals surface area contributed by atoms with Crippen molar-refractivity contribution in [2.24, 2.45) is 0 Å². The molecule has 29 heavy (non-hydrogen) atoms. The molecule has 0 aliphatic heterocycles. The first-order chi connectivity index (χ1) is 14.0. The van der Waals surface area contributed by atoms with E-state index in [0.29, 0.717) is 22.2 Å². The number of anilines is 1. The highest BCUT2D eigenvalue weighted by Crippen LogP contribution is 2.35. The quantitative estimate of drug-likeness (QED) is 0.394. The van der Waals surface area contributed by atoms with Crippen molar-refractivity contribution in [2.75, 3.05) is 5.32 Å². The summed E-state index contributed by atoms with van der Waals surface area (Å²) < 4.78 is 5.96. The molecule has 2 N–H and O–H groups in total. The maximum atomic E-state index is 10.8. The molecule has 0 bridgehead atoms. The maximum absolute atomic E-state index is 10.8. The van der Waals surface area contributed by atoms with Crippen molar-refractivity contribution in [1.29, 1.82) is 0 Å². The van der Waals surface area contributed by atoms with Crippen LogP contribution in [-0.4, -0.2) is 16.2 Å². The fraction of sp³-hybridized carbons (Fsp3) is 0.0435. The van der Waals surface area contributed by atoms with Crippen LogP contribution in [0.2, 0.25) is 5.02 Å². The number of fused-ring (bicyclic) bond motifs is 1. The minimum atomic E-state index is -1.12. The second-order valence-corrected chi connectivity index (χ2v) is 6.95. The molecule has 1 heterocycles. The minimum absolute atomic E-state index is 0.441. The number of carboxylic acid groups (broad SMARTS) is 1. The van der Waals surface area contributed by atoms with E-state index in [4.69, 9.17) is 21.4 Å². The largest absolute Gasteiger partial charge is 0.465 e. The molecule has 4 rings (SSSR count). The predicted molar refractivity (Wildman–Crippen MR) is 115 cm³/mol. The number of nitrogens with zero attached hydrogens (tertiary/aromatic N) is 1. The Balaban J connectivity index is 1.72. The average Bonchev–Trinajstić information content (AvgIpc) is 2.68. The minimum Gasteiger partial charge on any atom is -0.465 e. The van der Waals surface area contributed by atoms with Gasteiger partial charge in [0.1, 0.15) is 11.5 Å². The second kappa shape index (κ2) is 7.81. The fourth-order valence-corrected chi connectivity index (χ4v) is 3.51. The van der Waals surface area contributed by atoms with Crippen LogP contribution in [0.3, 0.4) is 0 Å². The Bertz CT molecular complexity index is 1220. The molecule has 144 valence electrons. The summed E-state index contributed by atoms with van der Waals surface area (Å²) in [5.74, 6) is 1.18. The summed E-state index contributed by atoms with van der Waals surface area (Å²) in [5.41, 5.74) is 4.26. The highest BCUT2D eigenvalue weighted by Gasteiger charge is 2.11. The summed E-state index contributed by atoms with van der Waals surface area (Å²) >= 11 is 6.32. The lowest BCUT2D eigenvalue weighted by molar-refractivity contribution is 0.210. The van der Waals surface area contributed by atoms with Gasteiger partial charge >= 0.3 is 6.09 Å². The van der Waals surface area contributed by atoms with E-state index in [-0.39, 0.29) is 0 Å². The third kappa shape index (κ3) is 4.00. The molecular formula is C23H17ClN2O3. The number of aromatic nitrogens is 1. The molecule has 4 aromatic rings. The normalized spacial score (nSPS) is 10.7. The van der Waals surface area contributed by atoms with Crippen LogP contribution in [0.25, 0.3) is 22.0 Å². The van der Waals surface area contributed by atoms with Crippen LogP contribution >= 0.6 is 11.6 Å². The van der Waals surface area contributed by atoms with Crippen LogP contribution in [-0.2, 0) is 0 Å². The number of aryl methyl sites for hydroxylation is 1. The van der Waals surface area contributed by atoms with Crippen molar-refractivity contribution in [3.05, 3.63) is 83.5 Å². The summed E-state index contributed by atoms with van der Waals surface area (Å²) in [6, 6.07) is 20.3. The second-order valence-electron chi connectivity index (χ2n) is 6.54. The number of hydrogen-bond donors (Lipinski definition) is 2. The first-order valence-corrected chi connectivity index (χ1v) is 9.31. The Labute approximate surface area is 172 Å². The zero-order chi connectivity index (χ0) is 20.4. The first kappa shape index (κ1) is 18.8. The van der Waals surface area contributed by atoms with E-state index in [1.165, 1.54) is 0 Å². The lowest BCUT2D eigenvalue weighted by Gasteiger charge is -2.13. The Morgan fingerprint density at radius 1 is 1.03 bits per heavy atom. The van der Waals surface area contributed by atoms with Gasteiger partial charge in [0.05, 0.1) is 10.5 Å². The third-order valence-corrected chi connectivity index (χ3v) is 4.79. The van der Waals surface area contributed by atoms with Crippen molar-refractivity contribution in [3.8, 4) is 22.6 Å². The number of amides is 1. The molecular weight excluding hydrogens is 388 g/mol. The van der Waals surface area contributed by atoms with E-state index < -0.39 is 6.09 Å². The number of nitrogens with one attached hydrogen (secondary N) is 1. The Kier molecular flexibility index (Phi) is 5.06. The van der Waals surface area contributed by atoms with E-state index in [1.807, 2.05) is 55.6 Å². The van der Waals surface area contributed by atoms with Crippen LogP contribution in [0, 0.1) is 6.92 Å². The Morgan fingerprint density at radius 2 is 1.76 bits per heavy atom. The zero-order valence-corrected chi connectivity index (χ0v) is 16.3. The topological polar surface area (TPSA) is 71.5 Å². The number of rotatable bonds is 4. The van der Waals surface area contributed by atoms with Gasteiger partial charge in [-0.25, -0.2) is 4.79 Å². The Morgan fingerprint density at radius 3 is 2.55 bits per heavy atom. The number of hydrogen-bond acceptors (Lipinski definition) is 3. The number of benzene rings is 3. The number of carbonyl (C=O) groups is 1. The lowest BCUT2D eigenvalue weighted by Crippen LogP contribution is -2.06. The molecule has 0 atom stereocenters. The van der Waals surface area contributed by atoms with Crippen LogP contribution in [0.15, 0.2) is 72.9 Å². The van der Waals surface area contributed by atoms with Gasteiger partial charge in [-0.05, 0) is 53.9 Å². The molecule has 0 saturated heterocycles. The van der Waals surface area contributed by atoms with E-state index in [2.05, 4.69) is 10.3 Å². The molecule has 3 aromatic carbocycles. The summed E-state index contributed by atoms with van der Waals surface area (Å²) in [6.45, 7) is 2.01. The molecule has 0 fully saturated rings. The SMILES string of the molecule is Cc1cnc2c(Cl)cccc2c1-c1cccc(Oc2cccc(NC(=O)O)c2)c1. The molecule has 1 amide bonds. The maximum Gasteiger partial charge on any atom is 0.409 e. The number of halogens is 1. The number of para-hydroxylation sites is 1. The first-order valence-electron chi connectivity index (χ1n) is 8.93. The van der Waals surface area contributed by atoms with Gasteiger partial charge in [-0.15, -0.1) is 0 Å². The highest BCUT2D eigenvalue weighted by atomic mass is 35.5. The summed E-state index contributed by atoms with van der Waals surface area (Å²) in [6.07, 6.45) is 0.695. The summed E-state index contributed by atoms with van der Waals surface area (Å²) in [7, 11) is 0. The van der Waals surface area contributed by atoms with Crippen molar-refractivity contribution >= 4 is 34.3 Å². The van der Waals surface area contributed by atoms with Crippen LogP contribution < -0.4 is 10.1 Å². The molecule has 0 aliphatic carbocycles. The number of pyridine rings is 1. The molecule has 0 saturated carbocycles. The molecule has 1 aromatic heterocycles. The van der Waals surface area contributed by atoms with Crippen molar-refractivity contribution in [3.63, 3.8) is 0 Å². The van der Waals surface area contributed by atoms with E-state index in [1.54, 1.807) is 24.3 Å². The fourth-order valence-electron chi connectivity index (χ4n) is 3.28. The van der Waals surface area contributed by atoms with Gasteiger partial charge in [-0.2, -0.15) is 0 Å². The van der Waals surface area contributed by atoms with Gasteiger partial charge in [-0.1, -0.05) is 41.9 Å². The van der Waals surface area contributed by atoms with Gasteiger partial charge in [-0.3, -0.25) is 10.3 Å². The monoisotopic (exact) mass is 404 g/mol. The van der Waals surface area contributed by atoms with Crippen molar-refractivity contribution in [2.45, 2.75) is 6.92 Å². The van der Waals surface area contributed by atoms with E-state index >= 15 is 0 Å². The lowest BCUT2D eigenvalue weighted by atomic mass is 9.97. The van der Waals surface area contributed by atoms with Crippen LogP contribution in [0.4, 0.5) is 10.5 Å². The van der Waals surface area contributed by atoms with E-state index in [0.717, 1.165) is 27.6 Å². The third-order valence-electron chi connectivity index (χ3n) is 4.48. The van der Waals surface area contributed by atoms with Crippen LogP contribution in [0.5, 0.6) is 11.5 Å². The standard InChI is InChI=1S/C23H17ClN2O3/c1-14-13-25-22-19(9-4-10-20(22)24)21(14)15-5-2-7-17(11-15)29-18-8-3-6-16(12-18)26-23(27)28/h2-13,26H,1H3,(H,27,28). The van der Waals surface area contributed by atoms with Gasteiger partial charge < -0.3 is 9.84 Å². The van der Waals surface area contributed by atoms with Crippen LogP contribution in [0.1, 0.15) is 5.56 Å².